The Morgan fingerprint density at radius 3 is 2.52 bits per heavy atom. The van der Waals surface area contributed by atoms with Crippen molar-refractivity contribution in [3.63, 3.8) is 0 Å². The number of carbonyl (C=O) groups excluding carboxylic acids is 1. The van der Waals surface area contributed by atoms with E-state index in [2.05, 4.69) is 17.3 Å². The minimum atomic E-state index is -0.437. The molecular weight excluding hydrogens is 414 g/mol. The molecule has 1 aromatic carbocycles. The molecule has 0 aliphatic heterocycles. The van der Waals surface area contributed by atoms with E-state index in [1.807, 2.05) is 38.1 Å². The molecule has 0 aliphatic rings. The largest absolute Gasteiger partial charge is 0.352 e. The number of nitrogens with zero attached hydrogens (tertiary/aromatic N) is 4. The zero-order valence-electron chi connectivity index (χ0n) is 17.8. The van der Waals surface area contributed by atoms with Gasteiger partial charge in [-0.2, -0.15) is 0 Å². The predicted octanol–water partition coefficient (Wildman–Crippen LogP) is 2.40. The summed E-state index contributed by atoms with van der Waals surface area (Å²) in [5.74, 6) is -0.0534. The van der Waals surface area contributed by atoms with Crippen LogP contribution in [0, 0.1) is 0 Å². The molecule has 0 fully saturated rings. The highest BCUT2D eigenvalue weighted by Gasteiger charge is 2.20. The van der Waals surface area contributed by atoms with E-state index in [0.717, 1.165) is 23.1 Å². The van der Waals surface area contributed by atoms with Crippen molar-refractivity contribution in [2.45, 2.75) is 52.7 Å². The maximum absolute atomic E-state index is 13.2. The number of benzene rings is 1. The van der Waals surface area contributed by atoms with E-state index in [9.17, 15) is 14.4 Å². The van der Waals surface area contributed by atoms with Crippen molar-refractivity contribution in [1.82, 2.24) is 24.1 Å². The minimum Gasteiger partial charge on any atom is -0.352 e. The zero-order valence-corrected chi connectivity index (χ0v) is 18.6. The Hall–Kier alpha value is -3.20. The Balaban J connectivity index is 1.82. The van der Waals surface area contributed by atoms with E-state index in [4.69, 9.17) is 0 Å². The lowest BCUT2D eigenvalue weighted by Gasteiger charge is -2.10. The summed E-state index contributed by atoms with van der Waals surface area (Å²) in [7, 11) is 0. The van der Waals surface area contributed by atoms with Gasteiger partial charge >= 0.3 is 5.69 Å². The van der Waals surface area contributed by atoms with Crippen molar-refractivity contribution in [3.8, 4) is 0 Å². The summed E-state index contributed by atoms with van der Waals surface area (Å²) in [6.07, 6.45) is 1.72. The van der Waals surface area contributed by atoms with Gasteiger partial charge in [0.05, 0.1) is 12.1 Å². The van der Waals surface area contributed by atoms with Crippen LogP contribution in [-0.4, -0.2) is 30.7 Å². The molecule has 31 heavy (non-hydrogen) atoms. The summed E-state index contributed by atoms with van der Waals surface area (Å²) in [6, 6.07) is 9.77. The molecule has 0 saturated heterocycles. The number of amides is 1. The Labute approximate surface area is 182 Å². The van der Waals surface area contributed by atoms with Crippen LogP contribution >= 0.6 is 11.3 Å². The fraction of sp³-hybridized carbons (Fsp3) is 0.364. The van der Waals surface area contributed by atoms with E-state index >= 15 is 0 Å². The maximum atomic E-state index is 13.2. The number of carbonyl (C=O) groups is 1. The van der Waals surface area contributed by atoms with Crippen LogP contribution in [0.1, 0.15) is 38.3 Å². The number of aryl methyl sites for hydroxylation is 1. The monoisotopic (exact) mass is 439 g/mol. The van der Waals surface area contributed by atoms with E-state index < -0.39 is 5.69 Å². The van der Waals surface area contributed by atoms with Gasteiger partial charge in [0, 0.05) is 6.04 Å². The molecule has 1 unspecified atom stereocenters. The second kappa shape index (κ2) is 8.50. The number of hydrogen-bond acceptors (Lipinski definition) is 5. The van der Waals surface area contributed by atoms with Crippen LogP contribution in [0.5, 0.6) is 0 Å². The molecule has 0 saturated carbocycles. The highest BCUT2D eigenvalue weighted by molar-refractivity contribution is 7.17. The first-order chi connectivity index (χ1) is 14.9. The van der Waals surface area contributed by atoms with Crippen LogP contribution in [0.2, 0.25) is 0 Å². The molecule has 0 bridgehead atoms. The fourth-order valence-corrected chi connectivity index (χ4v) is 4.33. The van der Waals surface area contributed by atoms with Gasteiger partial charge in [0.15, 0.2) is 0 Å². The Morgan fingerprint density at radius 2 is 1.84 bits per heavy atom. The molecule has 0 spiro atoms. The van der Waals surface area contributed by atoms with Gasteiger partial charge in [-0.05, 0) is 42.3 Å². The fourth-order valence-electron chi connectivity index (χ4n) is 3.50. The molecule has 4 rings (SSSR count). The van der Waals surface area contributed by atoms with E-state index in [1.165, 1.54) is 25.9 Å². The summed E-state index contributed by atoms with van der Waals surface area (Å²) >= 11 is 1.29. The number of fused-ring (bicyclic) bond motifs is 3. The third kappa shape index (κ3) is 3.93. The first kappa shape index (κ1) is 21.0. The number of hydrogen-bond donors (Lipinski definition) is 1. The van der Waals surface area contributed by atoms with Crippen LogP contribution in [0.4, 0.5) is 0 Å². The third-order valence-electron chi connectivity index (χ3n) is 5.47. The lowest BCUT2D eigenvalue weighted by Crippen LogP contribution is -2.37. The number of nitrogens with one attached hydrogen (secondary N) is 1. The third-order valence-corrected chi connectivity index (χ3v) is 6.37. The SMILES string of the molecule is CCc1ccc(Cn2c(=O)c3sccc3n3c(=O)n(CC(=O)NC(C)CC)nc23)cc1. The van der Waals surface area contributed by atoms with E-state index in [-0.39, 0.29) is 36.4 Å². The number of thiophene rings is 1. The molecule has 1 amide bonds. The average Bonchev–Trinajstić information content (AvgIpc) is 3.36. The van der Waals surface area contributed by atoms with Gasteiger partial charge < -0.3 is 5.32 Å². The van der Waals surface area contributed by atoms with Crippen molar-refractivity contribution in [1.29, 1.82) is 0 Å². The highest BCUT2D eigenvalue weighted by Crippen LogP contribution is 2.18. The number of aromatic nitrogens is 4. The summed E-state index contributed by atoms with van der Waals surface area (Å²) in [5.41, 5.74) is 2.03. The van der Waals surface area contributed by atoms with Crippen molar-refractivity contribution in [2.75, 3.05) is 0 Å². The topological polar surface area (TPSA) is 90.4 Å². The number of rotatable bonds is 7. The summed E-state index contributed by atoms with van der Waals surface area (Å²) in [4.78, 5) is 38.6. The van der Waals surface area contributed by atoms with Crippen LogP contribution in [-0.2, 0) is 24.3 Å². The zero-order chi connectivity index (χ0) is 22.1. The Morgan fingerprint density at radius 1 is 1.13 bits per heavy atom. The standard InChI is InChI=1S/C22H25N5O3S/c1-4-14(3)23-18(28)13-26-22(30)27-17-10-11-31-19(17)20(29)25(21(27)24-26)12-16-8-6-15(5-2)7-9-16/h6-11,14H,4-5,12-13H2,1-3H3,(H,23,28). The molecule has 1 N–H and O–H groups in total. The molecule has 8 nitrogen and oxygen atoms in total. The van der Waals surface area contributed by atoms with Gasteiger partial charge in [-0.1, -0.05) is 38.1 Å². The van der Waals surface area contributed by atoms with Crippen LogP contribution < -0.4 is 16.6 Å². The van der Waals surface area contributed by atoms with Gasteiger partial charge in [0.25, 0.3) is 5.56 Å². The normalized spacial score (nSPS) is 12.5. The Kier molecular flexibility index (Phi) is 5.77. The smallest absolute Gasteiger partial charge is 0.352 e. The van der Waals surface area contributed by atoms with Gasteiger partial charge in [0.1, 0.15) is 11.2 Å². The van der Waals surface area contributed by atoms with Crippen LogP contribution in [0.3, 0.4) is 0 Å². The second-order valence-electron chi connectivity index (χ2n) is 7.65. The molecule has 3 aromatic heterocycles. The van der Waals surface area contributed by atoms with Crippen molar-refractivity contribution in [2.24, 2.45) is 0 Å². The first-order valence-corrected chi connectivity index (χ1v) is 11.3. The van der Waals surface area contributed by atoms with Crippen molar-refractivity contribution >= 4 is 33.2 Å². The highest BCUT2D eigenvalue weighted by atomic mass is 32.1. The van der Waals surface area contributed by atoms with Crippen molar-refractivity contribution in [3.05, 3.63) is 67.7 Å². The van der Waals surface area contributed by atoms with Crippen molar-refractivity contribution < 1.29 is 4.79 Å². The average molecular weight is 440 g/mol. The van der Waals surface area contributed by atoms with Gasteiger partial charge in [-0.3, -0.25) is 14.2 Å². The van der Waals surface area contributed by atoms with Crippen LogP contribution in [0.15, 0.2) is 45.3 Å². The van der Waals surface area contributed by atoms with E-state index in [1.54, 1.807) is 11.4 Å². The molecular formula is C22H25N5O3S. The molecule has 162 valence electrons. The lowest BCUT2D eigenvalue weighted by molar-refractivity contribution is -0.122. The molecule has 0 aliphatic carbocycles. The molecule has 4 aromatic rings. The van der Waals surface area contributed by atoms with Gasteiger partial charge in [0.2, 0.25) is 11.7 Å². The predicted molar refractivity (Wildman–Crippen MR) is 122 cm³/mol. The lowest BCUT2D eigenvalue weighted by atomic mass is 10.1. The summed E-state index contributed by atoms with van der Waals surface area (Å²) in [5, 5.41) is 9.01. The molecule has 9 heteroatoms. The summed E-state index contributed by atoms with van der Waals surface area (Å²) < 4.78 is 4.54. The second-order valence-corrected chi connectivity index (χ2v) is 8.56. The van der Waals surface area contributed by atoms with E-state index in [0.29, 0.717) is 10.2 Å². The summed E-state index contributed by atoms with van der Waals surface area (Å²) in [6.45, 7) is 6.05. The Bertz CT molecular complexity index is 1360. The molecule has 1 atom stereocenters. The van der Waals surface area contributed by atoms with Gasteiger partial charge in [-0.15, -0.1) is 16.4 Å². The quantitative estimate of drug-likeness (QED) is 0.479. The van der Waals surface area contributed by atoms with Gasteiger partial charge in [-0.25, -0.2) is 13.9 Å². The maximum Gasteiger partial charge on any atom is 0.352 e. The molecule has 3 heterocycles. The van der Waals surface area contributed by atoms with Crippen LogP contribution in [0.25, 0.3) is 16.0 Å². The first-order valence-electron chi connectivity index (χ1n) is 10.4. The minimum absolute atomic E-state index is 0.00749. The molecule has 0 radical (unpaired) electrons.